The maximum atomic E-state index is 10.9. The molecule has 2 N–H and O–H groups in total. The smallest absolute Gasteiger partial charge is 0.337 e. The molecule has 1 aromatic heterocycles. The molecule has 0 radical (unpaired) electrons. The van der Waals surface area contributed by atoms with Crippen molar-refractivity contribution in [2.45, 2.75) is 32.2 Å². The zero-order valence-electron chi connectivity index (χ0n) is 9.61. The van der Waals surface area contributed by atoms with Crippen molar-refractivity contribution in [1.82, 2.24) is 4.98 Å². The molecule has 1 aromatic rings. The number of halogens is 1. The van der Waals surface area contributed by atoms with E-state index in [1.54, 1.807) is 0 Å². The number of hydrogen-bond donors (Lipinski definition) is 2. The van der Waals surface area contributed by atoms with Crippen LogP contribution in [0.15, 0.2) is 12.3 Å². The molecular formula is C12H15ClN2O2. The molecule has 4 nitrogen and oxygen atoms in total. The van der Waals surface area contributed by atoms with Gasteiger partial charge in [0.15, 0.2) is 0 Å². The third kappa shape index (κ3) is 2.69. The highest BCUT2D eigenvalue weighted by molar-refractivity contribution is 6.33. The lowest BCUT2D eigenvalue weighted by atomic mass is 9.80. The third-order valence-electron chi connectivity index (χ3n) is 3.32. The van der Waals surface area contributed by atoms with E-state index in [1.165, 1.54) is 31.5 Å². The van der Waals surface area contributed by atoms with Crippen molar-refractivity contribution >= 4 is 23.4 Å². The fraction of sp³-hybridized carbons (Fsp3) is 0.500. The first kappa shape index (κ1) is 12.2. The lowest BCUT2D eigenvalue weighted by Crippen LogP contribution is -2.31. The van der Waals surface area contributed by atoms with Gasteiger partial charge in [0.2, 0.25) is 0 Å². The van der Waals surface area contributed by atoms with Crippen LogP contribution in [0.5, 0.6) is 0 Å². The van der Waals surface area contributed by atoms with Gasteiger partial charge in [-0.1, -0.05) is 18.0 Å². The summed E-state index contributed by atoms with van der Waals surface area (Å²) in [7, 11) is 0. The Kier molecular flexibility index (Phi) is 3.52. The van der Waals surface area contributed by atoms with E-state index in [2.05, 4.69) is 17.2 Å². The van der Waals surface area contributed by atoms with Crippen molar-refractivity contribution in [3.8, 4) is 0 Å². The standard InChI is InChI=1S/C12H15ClN2O2/c1-7(8-3-2-4-8)15-11-5-9(12(16)17)10(13)6-14-11/h5-8H,2-4H2,1H3,(H,14,15)(H,16,17). The van der Waals surface area contributed by atoms with Gasteiger partial charge in [-0.25, -0.2) is 9.78 Å². The predicted octanol–water partition coefficient (Wildman–Crippen LogP) is 3.03. The van der Waals surface area contributed by atoms with Gasteiger partial charge in [-0.05, 0) is 31.7 Å². The minimum absolute atomic E-state index is 0.0879. The van der Waals surface area contributed by atoms with Crippen LogP contribution in [0.4, 0.5) is 5.82 Å². The van der Waals surface area contributed by atoms with Crippen LogP contribution in [-0.4, -0.2) is 22.1 Å². The minimum atomic E-state index is -1.03. The van der Waals surface area contributed by atoms with Crippen LogP contribution in [0, 0.1) is 5.92 Å². The normalized spacial score (nSPS) is 17.3. The largest absolute Gasteiger partial charge is 0.478 e. The summed E-state index contributed by atoms with van der Waals surface area (Å²) in [5, 5.41) is 12.4. The van der Waals surface area contributed by atoms with E-state index in [1.807, 2.05) is 0 Å². The summed E-state index contributed by atoms with van der Waals surface area (Å²) < 4.78 is 0. The van der Waals surface area contributed by atoms with E-state index in [-0.39, 0.29) is 10.6 Å². The van der Waals surface area contributed by atoms with Crippen molar-refractivity contribution in [2.75, 3.05) is 5.32 Å². The number of carbonyl (C=O) groups is 1. The Morgan fingerprint density at radius 3 is 2.88 bits per heavy atom. The van der Waals surface area contributed by atoms with Gasteiger partial charge < -0.3 is 10.4 Å². The number of aromatic nitrogens is 1. The fourth-order valence-corrected chi connectivity index (χ4v) is 2.16. The molecule has 0 amide bonds. The zero-order chi connectivity index (χ0) is 12.4. The van der Waals surface area contributed by atoms with Crippen LogP contribution < -0.4 is 5.32 Å². The van der Waals surface area contributed by atoms with Crippen LogP contribution in [0.2, 0.25) is 5.02 Å². The zero-order valence-corrected chi connectivity index (χ0v) is 10.4. The first-order chi connectivity index (χ1) is 8.08. The van der Waals surface area contributed by atoms with E-state index < -0.39 is 5.97 Å². The quantitative estimate of drug-likeness (QED) is 0.867. The molecule has 1 fully saturated rings. The molecule has 0 bridgehead atoms. The Balaban J connectivity index is 2.10. The van der Waals surface area contributed by atoms with Crippen molar-refractivity contribution in [1.29, 1.82) is 0 Å². The van der Waals surface area contributed by atoms with Crippen molar-refractivity contribution in [3.63, 3.8) is 0 Å². The molecule has 1 aliphatic rings. The van der Waals surface area contributed by atoms with E-state index in [4.69, 9.17) is 16.7 Å². The number of rotatable bonds is 4. The van der Waals surface area contributed by atoms with Gasteiger partial charge >= 0.3 is 5.97 Å². The summed E-state index contributed by atoms with van der Waals surface area (Å²) in [5.74, 6) is 0.212. The molecule has 5 heteroatoms. The molecule has 2 rings (SSSR count). The molecule has 1 unspecified atom stereocenters. The SMILES string of the molecule is CC(Nc1cc(C(=O)O)c(Cl)cn1)C1CCC1. The molecular weight excluding hydrogens is 240 g/mol. The molecule has 92 valence electrons. The molecule has 17 heavy (non-hydrogen) atoms. The fourth-order valence-electron chi connectivity index (χ4n) is 1.97. The van der Waals surface area contributed by atoms with Crippen molar-refractivity contribution < 1.29 is 9.90 Å². The summed E-state index contributed by atoms with van der Waals surface area (Å²) in [6.45, 7) is 2.10. The van der Waals surface area contributed by atoms with Gasteiger partial charge in [0.25, 0.3) is 0 Å². The second kappa shape index (κ2) is 4.92. The molecule has 0 saturated heterocycles. The maximum absolute atomic E-state index is 10.9. The Labute approximate surface area is 105 Å². The van der Waals surface area contributed by atoms with Gasteiger partial charge in [-0.3, -0.25) is 0 Å². The number of nitrogens with zero attached hydrogens (tertiary/aromatic N) is 1. The first-order valence-electron chi connectivity index (χ1n) is 5.73. The monoisotopic (exact) mass is 254 g/mol. The van der Waals surface area contributed by atoms with Gasteiger partial charge in [-0.15, -0.1) is 0 Å². The average molecular weight is 255 g/mol. The summed E-state index contributed by atoms with van der Waals surface area (Å²) in [6, 6.07) is 1.80. The van der Waals surface area contributed by atoms with Gasteiger partial charge in [-0.2, -0.15) is 0 Å². The second-order valence-electron chi connectivity index (χ2n) is 4.48. The summed E-state index contributed by atoms with van der Waals surface area (Å²) in [4.78, 5) is 15.0. The topological polar surface area (TPSA) is 62.2 Å². The van der Waals surface area contributed by atoms with Crippen LogP contribution in [0.1, 0.15) is 36.5 Å². The van der Waals surface area contributed by atoms with Crippen LogP contribution in [0.25, 0.3) is 0 Å². The van der Waals surface area contributed by atoms with Crippen LogP contribution in [0.3, 0.4) is 0 Å². The van der Waals surface area contributed by atoms with E-state index >= 15 is 0 Å². The summed E-state index contributed by atoms with van der Waals surface area (Å²) in [6.07, 6.45) is 5.12. The predicted molar refractivity (Wildman–Crippen MR) is 66.6 cm³/mol. The van der Waals surface area contributed by atoms with E-state index in [9.17, 15) is 4.79 Å². The minimum Gasteiger partial charge on any atom is -0.478 e. The molecule has 0 spiro atoms. The number of aromatic carboxylic acids is 1. The first-order valence-corrected chi connectivity index (χ1v) is 6.11. The lowest BCUT2D eigenvalue weighted by molar-refractivity contribution is 0.0697. The second-order valence-corrected chi connectivity index (χ2v) is 4.89. The molecule has 1 heterocycles. The number of carboxylic acid groups (broad SMARTS) is 1. The molecule has 1 aliphatic carbocycles. The van der Waals surface area contributed by atoms with Gasteiger partial charge in [0.1, 0.15) is 5.82 Å². The van der Waals surface area contributed by atoms with Crippen molar-refractivity contribution in [2.24, 2.45) is 5.92 Å². The number of anilines is 1. The summed E-state index contributed by atoms with van der Waals surface area (Å²) in [5.41, 5.74) is 0.0879. The number of pyridine rings is 1. The Bertz CT molecular complexity index is 433. The molecule has 1 saturated carbocycles. The Hall–Kier alpha value is -1.29. The molecule has 0 aliphatic heterocycles. The number of nitrogens with one attached hydrogen (secondary N) is 1. The number of hydrogen-bond acceptors (Lipinski definition) is 3. The maximum Gasteiger partial charge on any atom is 0.337 e. The molecule has 0 aromatic carbocycles. The molecule has 1 atom stereocenters. The highest BCUT2D eigenvalue weighted by Crippen LogP contribution is 2.31. The van der Waals surface area contributed by atoms with Crippen LogP contribution >= 0.6 is 11.6 Å². The number of carboxylic acids is 1. The third-order valence-corrected chi connectivity index (χ3v) is 3.62. The van der Waals surface area contributed by atoms with Crippen molar-refractivity contribution in [3.05, 3.63) is 22.8 Å². The Morgan fingerprint density at radius 1 is 1.65 bits per heavy atom. The average Bonchev–Trinajstić information content (AvgIpc) is 2.17. The van der Waals surface area contributed by atoms with Crippen LogP contribution in [-0.2, 0) is 0 Å². The highest BCUT2D eigenvalue weighted by Gasteiger charge is 2.24. The summed E-state index contributed by atoms with van der Waals surface area (Å²) >= 11 is 5.76. The Morgan fingerprint density at radius 2 is 2.35 bits per heavy atom. The van der Waals surface area contributed by atoms with E-state index in [0.29, 0.717) is 17.8 Å². The van der Waals surface area contributed by atoms with E-state index in [0.717, 1.165) is 0 Å². The highest BCUT2D eigenvalue weighted by atomic mass is 35.5. The van der Waals surface area contributed by atoms with Gasteiger partial charge in [0.05, 0.1) is 10.6 Å². The van der Waals surface area contributed by atoms with Gasteiger partial charge in [0, 0.05) is 12.2 Å². The lowest BCUT2D eigenvalue weighted by Gasteiger charge is -2.32.